The number of ether oxygens (including phenoxy) is 1. The van der Waals surface area contributed by atoms with Crippen molar-refractivity contribution in [1.29, 1.82) is 0 Å². The lowest BCUT2D eigenvalue weighted by Gasteiger charge is -2.25. The lowest BCUT2D eigenvalue weighted by atomic mass is 10.4. The zero-order valence-corrected chi connectivity index (χ0v) is 9.44. The molecule has 0 aromatic rings. The number of nitrogens with zero attached hydrogens (tertiary/aromatic N) is 1. The molecule has 1 N–H and O–H groups in total. The van der Waals surface area contributed by atoms with Crippen molar-refractivity contribution in [2.45, 2.75) is 0 Å². The van der Waals surface area contributed by atoms with E-state index >= 15 is 0 Å². The molecule has 1 amide bonds. The quantitative estimate of drug-likeness (QED) is 0.416. The third-order valence-electron chi connectivity index (χ3n) is 1.74. The summed E-state index contributed by atoms with van der Waals surface area (Å²) in [4.78, 5) is 16.8. The molecule has 1 saturated heterocycles. The van der Waals surface area contributed by atoms with E-state index in [4.69, 9.17) is 9.57 Å². The van der Waals surface area contributed by atoms with Gasteiger partial charge in [-0.3, -0.25) is 14.5 Å². The van der Waals surface area contributed by atoms with Gasteiger partial charge in [-0.1, -0.05) is 0 Å². The third-order valence-corrected chi connectivity index (χ3v) is 1.74. The molecule has 0 aromatic carbocycles. The van der Waals surface area contributed by atoms with Gasteiger partial charge in [-0.05, 0) is 0 Å². The van der Waals surface area contributed by atoms with Crippen LogP contribution in [0.3, 0.4) is 0 Å². The number of carbonyl (C=O) groups is 1. The van der Waals surface area contributed by atoms with Gasteiger partial charge in [-0.25, -0.2) is 5.48 Å². The van der Waals surface area contributed by atoms with Crippen LogP contribution >= 0.6 is 24.8 Å². The molecule has 14 heavy (non-hydrogen) atoms. The fraction of sp³-hybridized carbons (Fsp3) is 0.857. The molecule has 0 aromatic heterocycles. The highest BCUT2D eigenvalue weighted by atomic mass is 35.5. The lowest BCUT2D eigenvalue weighted by Crippen LogP contribution is -2.38. The minimum absolute atomic E-state index is 0. The SMILES string of the molecule is Cl.Cl.O=CNOCCN1CCOCC1. The van der Waals surface area contributed by atoms with Gasteiger partial charge in [-0.2, -0.15) is 0 Å². The van der Waals surface area contributed by atoms with Crippen LogP contribution in [0, 0.1) is 0 Å². The Hall–Kier alpha value is -0.0700. The number of morpholine rings is 1. The molecule has 0 saturated carbocycles. The first-order valence-corrected chi connectivity index (χ1v) is 4.04. The number of rotatable bonds is 5. The summed E-state index contributed by atoms with van der Waals surface area (Å²) >= 11 is 0. The van der Waals surface area contributed by atoms with Gasteiger partial charge < -0.3 is 4.74 Å². The lowest BCUT2D eigenvalue weighted by molar-refractivity contribution is -0.121. The van der Waals surface area contributed by atoms with Crippen LogP contribution in [-0.2, 0) is 14.4 Å². The van der Waals surface area contributed by atoms with Crippen molar-refractivity contribution in [1.82, 2.24) is 10.4 Å². The minimum atomic E-state index is 0. The summed E-state index contributed by atoms with van der Waals surface area (Å²) in [5, 5.41) is 0. The number of amides is 1. The van der Waals surface area contributed by atoms with E-state index in [0.717, 1.165) is 32.8 Å². The summed E-state index contributed by atoms with van der Waals surface area (Å²) in [6, 6.07) is 0. The van der Waals surface area contributed by atoms with E-state index in [1.54, 1.807) is 0 Å². The molecular weight excluding hydrogens is 231 g/mol. The molecule has 0 aliphatic carbocycles. The molecule has 86 valence electrons. The molecular formula is C7H16Cl2N2O3. The van der Waals surface area contributed by atoms with Gasteiger partial charge in [0.25, 0.3) is 0 Å². The molecule has 7 heteroatoms. The maximum Gasteiger partial charge on any atom is 0.230 e. The van der Waals surface area contributed by atoms with Crippen molar-refractivity contribution < 1.29 is 14.4 Å². The maximum absolute atomic E-state index is 9.79. The molecule has 0 spiro atoms. The van der Waals surface area contributed by atoms with Crippen molar-refractivity contribution in [3.63, 3.8) is 0 Å². The van der Waals surface area contributed by atoms with Crippen LogP contribution in [0.5, 0.6) is 0 Å². The second-order valence-electron chi connectivity index (χ2n) is 2.54. The summed E-state index contributed by atoms with van der Waals surface area (Å²) in [5.41, 5.74) is 2.15. The van der Waals surface area contributed by atoms with Crippen molar-refractivity contribution in [3.05, 3.63) is 0 Å². The molecule has 0 bridgehead atoms. The smallest absolute Gasteiger partial charge is 0.230 e. The molecule has 5 nitrogen and oxygen atoms in total. The van der Waals surface area contributed by atoms with Gasteiger partial charge in [0.15, 0.2) is 0 Å². The van der Waals surface area contributed by atoms with E-state index in [-0.39, 0.29) is 24.8 Å². The molecule has 1 aliphatic rings. The third kappa shape index (κ3) is 7.34. The van der Waals surface area contributed by atoms with Crippen molar-refractivity contribution in [2.75, 3.05) is 39.5 Å². The Morgan fingerprint density at radius 3 is 2.57 bits per heavy atom. The fourth-order valence-electron chi connectivity index (χ4n) is 1.09. The van der Waals surface area contributed by atoms with Crippen molar-refractivity contribution in [2.24, 2.45) is 0 Å². The normalized spacial score (nSPS) is 16.3. The number of halogens is 2. The van der Waals surface area contributed by atoms with Crippen LogP contribution < -0.4 is 5.48 Å². The van der Waals surface area contributed by atoms with E-state index in [0.29, 0.717) is 13.0 Å². The van der Waals surface area contributed by atoms with Crippen LogP contribution in [-0.4, -0.2) is 50.8 Å². The summed E-state index contributed by atoms with van der Waals surface area (Å²) in [6.07, 6.45) is 0.527. The van der Waals surface area contributed by atoms with Crippen LogP contribution in [0.4, 0.5) is 0 Å². The zero-order valence-electron chi connectivity index (χ0n) is 7.81. The van der Waals surface area contributed by atoms with Crippen LogP contribution in [0.15, 0.2) is 0 Å². The first-order valence-electron chi connectivity index (χ1n) is 4.04. The van der Waals surface area contributed by atoms with Gasteiger partial charge in [-0.15, -0.1) is 24.8 Å². The first-order chi connectivity index (χ1) is 5.93. The van der Waals surface area contributed by atoms with Gasteiger partial charge in [0.2, 0.25) is 6.41 Å². The summed E-state index contributed by atoms with van der Waals surface area (Å²) in [7, 11) is 0. The van der Waals surface area contributed by atoms with E-state index in [1.165, 1.54) is 0 Å². The predicted molar refractivity (Wildman–Crippen MR) is 56.9 cm³/mol. The van der Waals surface area contributed by atoms with E-state index in [1.807, 2.05) is 0 Å². The summed E-state index contributed by atoms with van der Waals surface area (Å²) in [6.45, 7) is 4.85. The summed E-state index contributed by atoms with van der Waals surface area (Å²) < 4.78 is 5.17. The second kappa shape index (κ2) is 11.0. The van der Waals surface area contributed by atoms with Crippen LogP contribution in [0.25, 0.3) is 0 Å². The number of hydrogen-bond acceptors (Lipinski definition) is 4. The predicted octanol–water partition coefficient (Wildman–Crippen LogP) is -0.160. The van der Waals surface area contributed by atoms with Crippen LogP contribution in [0.1, 0.15) is 0 Å². The highest BCUT2D eigenvalue weighted by Gasteiger charge is 2.08. The molecule has 0 atom stereocenters. The number of nitrogens with one attached hydrogen (secondary N) is 1. The van der Waals surface area contributed by atoms with Crippen molar-refractivity contribution in [3.8, 4) is 0 Å². The molecule has 0 radical (unpaired) electrons. The monoisotopic (exact) mass is 246 g/mol. The molecule has 1 rings (SSSR count). The highest BCUT2D eigenvalue weighted by molar-refractivity contribution is 5.85. The van der Waals surface area contributed by atoms with E-state index in [2.05, 4.69) is 10.4 Å². The Balaban J connectivity index is 0. The fourth-order valence-corrected chi connectivity index (χ4v) is 1.09. The average Bonchev–Trinajstić information content (AvgIpc) is 2.14. The zero-order chi connectivity index (χ0) is 8.65. The summed E-state index contributed by atoms with van der Waals surface area (Å²) in [5.74, 6) is 0. The molecule has 1 aliphatic heterocycles. The minimum Gasteiger partial charge on any atom is -0.379 e. The largest absolute Gasteiger partial charge is 0.379 e. The number of carbonyl (C=O) groups excluding carboxylic acids is 1. The Labute approximate surface area is 95.9 Å². The maximum atomic E-state index is 9.79. The number of hydroxylamine groups is 1. The average molecular weight is 247 g/mol. The molecule has 1 fully saturated rings. The van der Waals surface area contributed by atoms with E-state index in [9.17, 15) is 4.79 Å². The molecule has 1 heterocycles. The Bertz CT molecular complexity index is 134. The Kier molecular flexibility index (Phi) is 12.9. The molecule has 0 unspecified atom stereocenters. The highest BCUT2D eigenvalue weighted by Crippen LogP contribution is 1.94. The van der Waals surface area contributed by atoms with Gasteiger partial charge in [0.05, 0.1) is 19.8 Å². The van der Waals surface area contributed by atoms with E-state index < -0.39 is 0 Å². The number of hydrogen-bond donors (Lipinski definition) is 1. The standard InChI is InChI=1S/C7H14N2O3.2ClH/c10-7-8-12-6-3-9-1-4-11-5-2-9;;/h7H,1-6H2,(H,8,10);2*1H. The topological polar surface area (TPSA) is 50.8 Å². The second-order valence-corrected chi connectivity index (χ2v) is 2.54. The Morgan fingerprint density at radius 2 is 2.00 bits per heavy atom. The van der Waals surface area contributed by atoms with Crippen molar-refractivity contribution >= 4 is 31.2 Å². The van der Waals surface area contributed by atoms with Gasteiger partial charge >= 0.3 is 0 Å². The Morgan fingerprint density at radius 1 is 1.36 bits per heavy atom. The van der Waals surface area contributed by atoms with Gasteiger partial charge in [0, 0.05) is 19.6 Å². The van der Waals surface area contributed by atoms with Gasteiger partial charge in [0.1, 0.15) is 0 Å². The first kappa shape index (κ1) is 16.4. The van der Waals surface area contributed by atoms with Crippen LogP contribution in [0.2, 0.25) is 0 Å².